The van der Waals surface area contributed by atoms with Crippen molar-refractivity contribution in [3.63, 3.8) is 0 Å². The van der Waals surface area contributed by atoms with E-state index in [0.29, 0.717) is 17.6 Å². The molecule has 1 amide bonds. The normalized spacial score (nSPS) is 21.7. The average Bonchev–Trinajstić information content (AvgIpc) is 3.26. The Hall–Kier alpha value is -2.89. The number of H-pyrrole nitrogens is 2. The topological polar surface area (TPSA) is 81.8 Å². The number of piperidine rings is 1. The molecule has 3 heterocycles. The summed E-state index contributed by atoms with van der Waals surface area (Å²) < 4.78 is 0. The number of pyridine rings is 1. The van der Waals surface area contributed by atoms with Crippen molar-refractivity contribution < 1.29 is 4.79 Å². The predicted octanol–water partition coefficient (Wildman–Crippen LogP) is 2.68. The van der Waals surface area contributed by atoms with E-state index in [4.69, 9.17) is 0 Å². The van der Waals surface area contributed by atoms with E-state index >= 15 is 0 Å². The van der Waals surface area contributed by atoms with Gasteiger partial charge in [0.1, 0.15) is 0 Å². The van der Waals surface area contributed by atoms with Crippen molar-refractivity contribution in [1.82, 2.24) is 20.1 Å². The van der Waals surface area contributed by atoms with Gasteiger partial charge in [-0.05, 0) is 50.3 Å². The minimum atomic E-state index is -0.238. The molecular formula is C21H22N4O2. The molecule has 1 unspecified atom stereocenters. The van der Waals surface area contributed by atoms with Crippen LogP contribution in [0.2, 0.25) is 0 Å². The number of likely N-dealkylation sites (tertiary alicyclic amines) is 1. The van der Waals surface area contributed by atoms with Crippen molar-refractivity contribution in [2.45, 2.75) is 38.0 Å². The molecule has 1 aromatic carbocycles. The van der Waals surface area contributed by atoms with Gasteiger partial charge in [0.2, 0.25) is 5.56 Å². The van der Waals surface area contributed by atoms with Crippen LogP contribution in [0, 0.1) is 6.92 Å². The molecule has 1 aliphatic heterocycles. The number of rotatable bonds is 1. The third-order valence-electron chi connectivity index (χ3n) is 6.21. The first-order valence-electron chi connectivity index (χ1n) is 9.51. The number of hydrogen-bond acceptors (Lipinski definition) is 3. The number of amides is 1. The number of aromatic amines is 2. The van der Waals surface area contributed by atoms with Crippen LogP contribution in [0.25, 0.3) is 10.9 Å². The van der Waals surface area contributed by atoms with Gasteiger partial charge in [-0.3, -0.25) is 14.7 Å². The van der Waals surface area contributed by atoms with E-state index in [9.17, 15) is 9.59 Å². The number of aryl methyl sites for hydroxylation is 2. The Bertz CT molecular complexity index is 1110. The molecule has 1 saturated heterocycles. The van der Waals surface area contributed by atoms with Gasteiger partial charge in [-0.2, -0.15) is 5.10 Å². The molecule has 1 aliphatic carbocycles. The molecule has 2 N–H and O–H groups in total. The largest absolute Gasteiger partial charge is 0.338 e. The number of carbonyl (C=O) groups is 1. The quantitative estimate of drug-likeness (QED) is 0.698. The second kappa shape index (κ2) is 5.81. The summed E-state index contributed by atoms with van der Waals surface area (Å²) >= 11 is 0. The summed E-state index contributed by atoms with van der Waals surface area (Å²) in [6, 6.07) is 7.23. The van der Waals surface area contributed by atoms with Crippen LogP contribution < -0.4 is 5.56 Å². The summed E-state index contributed by atoms with van der Waals surface area (Å²) in [4.78, 5) is 30.3. The molecule has 27 heavy (non-hydrogen) atoms. The number of hydrogen-bond donors (Lipinski definition) is 2. The minimum Gasteiger partial charge on any atom is -0.338 e. The minimum absolute atomic E-state index is 0.0212. The molecule has 0 radical (unpaired) electrons. The summed E-state index contributed by atoms with van der Waals surface area (Å²) in [6.07, 6.45) is 6.01. The zero-order valence-corrected chi connectivity index (χ0v) is 15.3. The first-order valence-corrected chi connectivity index (χ1v) is 9.51. The van der Waals surface area contributed by atoms with Gasteiger partial charge in [-0.15, -0.1) is 0 Å². The van der Waals surface area contributed by atoms with E-state index < -0.39 is 0 Å². The Labute approximate surface area is 156 Å². The van der Waals surface area contributed by atoms with Crippen LogP contribution in [-0.2, 0) is 11.8 Å². The van der Waals surface area contributed by atoms with Crippen LogP contribution in [-0.4, -0.2) is 39.1 Å². The Morgan fingerprint density at radius 3 is 3.04 bits per heavy atom. The van der Waals surface area contributed by atoms with E-state index in [0.717, 1.165) is 43.2 Å². The van der Waals surface area contributed by atoms with Crippen molar-refractivity contribution >= 4 is 16.8 Å². The van der Waals surface area contributed by atoms with Crippen molar-refractivity contribution in [3.8, 4) is 0 Å². The monoisotopic (exact) mass is 362 g/mol. The number of carbonyl (C=O) groups excluding carboxylic acids is 1. The van der Waals surface area contributed by atoms with Crippen LogP contribution in [0.15, 0.2) is 35.3 Å². The Morgan fingerprint density at radius 2 is 2.15 bits per heavy atom. The fourth-order valence-electron chi connectivity index (χ4n) is 4.89. The molecule has 0 saturated carbocycles. The smallest absolute Gasteiger partial charge is 0.254 e. The summed E-state index contributed by atoms with van der Waals surface area (Å²) in [5, 5.41) is 8.20. The maximum atomic E-state index is 13.4. The molecule has 3 aromatic rings. The maximum absolute atomic E-state index is 13.4. The van der Waals surface area contributed by atoms with Gasteiger partial charge < -0.3 is 9.88 Å². The predicted molar refractivity (Wildman–Crippen MR) is 103 cm³/mol. The molecule has 1 fully saturated rings. The summed E-state index contributed by atoms with van der Waals surface area (Å²) in [7, 11) is 0. The van der Waals surface area contributed by atoms with Crippen LogP contribution in [0.3, 0.4) is 0 Å². The van der Waals surface area contributed by atoms with Crippen LogP contribution in [0.1, 0.15) is 46.4 Å². The summed E-state index contributed by atoms with van der Waals surface area (Å²) in [5.41, 5.74) is 4.49. The molecule has 1 atom stereocenters. The molecular weight excluding hydrogens is 340 g/mol. The fourth-order valence-corrected chi connectivity index (χ4v) is 4.89. The van der Waals surface area contributed by atoms with E-state index in [1.807, 2.05) is 36.2 Å². The number of benzene rings is 1. The standard InChI is InChI=1S/C21H22N4O2/c1-13-3-4-17-15(9-13)16(10-18(26)23-17)20(27)25-8-2-6-21(12-25)7-5-14-11-22-24-19(14)21/h3-4,9-11H,2,5-8,12H2,1H3,(H,22,24)(H,23,26). The SMILES string of the molecule is Cc1ccc2[nH]c(=O)cc(C(=O)N3CCCC4(CCc5cn[nH]c54)C3)c2c1. The van der Waals surface area contributed by atoms with Crippen molar-refractivity contribution in [1.29, 1.82) is 0 Å². The summed E-state index contributed by atoms with van der Waals surface area (Å²) in [5.74, 6) is -0.0521. The molecule has 6 heteroatoms. The van der Waals surface area contributed by atoms with Gasteiger partial charge in [0.05, 0.1) is 11.8 Å². The lowest BCUT2D eigenvalue weighted by Gasteiger charge is -2.40. The number of nitrogens with one attached hydrogen (secondary N) is 2. The van der Waals surface area contributed by atoms with Crippen molar-refractivity contribution in [2.24, 2.45) is 0 Å². The molecule has 2 aromatic heterocycles. The van der Waals surface area contributed by atoms with Gasteiger partial charge >= 0.3 is 0 Å². The number of aromatic nitrogens is 3. The van der Waals surface area contributed by atoms with Crippen molar-refractivity contribution in [3.05, 3.63) is 63.2 Å². The molecule has 2 aliphatic rings. The number of nitrogens with zero attached hydrogens (tertiary/aromatic N) is 2. The highest BCUT2D eigenvalue weighted by Crippen LogP contribution is 2.44. The third kappa shape index (κ3) is 2.51. The van der Waals surface area contributed by atoms with Crippen LogP contribution >= 0.6 is 0 Å². The molecule has 6 nitrogen and oxygen atoms in total. The second-order valence-electron chi connectivity index (χ2n) is 7.98. The van der Waals surface area contributed by atoms with Gasteiger partial charge in [-0.25, -0.2) is 0 Å². The lowest BCUT2D eigenvalue weighted by atomic mass is 9.77. The lowest BCUT2D eigenvalue weighted by Crippen LogP contribution is -2.48. The van der Waals surface area contributed by atoms with Crippen LogP contribution in [0.4, 0.5) is 0 Å². The first kappa shape index (κ1) is 16.3. The van der Waals surface area contributed by atoms with Crippen molar-refractivity contribution in [2.75, 3.05) is 13.1 Å². The zero-order chi connectivity index (χ0) is 18.6. The Kier molecular flexibility index (Phi) is 3.50. The second-order valence-corrected chi connectivity index (χ2v) is 7.98. The Balaban J connectivity index is 1.54. The molecule has 138 valence electrons. The van der Waals surface area contributed by atoms with E-state index in [1.54, 1.807) is 0 Å². The summed E-state index contributed by atoms with van der Waals surface area (Å²) in [6.45, 7) is 3.40. The van der Waals surface area contributed by atoms with E-state index in [-0.39, 0.29) is 16.9 Å². The molecule has 1 spiro atoms. The van der Waals surface area contributed by atoms with Gasteiger partial charge in [0, 0.05) is 41.2 Å². The molecule has 5 rings (SSSR count). The van der Waals surface area contributed by atoms with E-state index in [1.165, 1.54) is 17.3 Å². The van der Waals surface area contributed by atoms with Crippen LogP contribution in [0.5, 0.6) is 0 Å². The van der Waals surface area contributed by atoms with Gasteiger partial charge in [0.25, 0.3) is 5.91 Å². The number of fused-ring (bicyclic) bond motifs is 3. The molecule has 0 bridgehead atoms. The zero-order valence-electron chi connectivity index (χ0n) is 15.3. The van der Waals surface area contributed by atoms with Gasteiger partial charge in [0.15, 0.2) is 0 Å². The fraction of sp³-hybridized carbons (Fsp3) is 0.381. The highest BCUT2D eigenvalue weighted by atomic mass is 16.2. The van der Waals surface area contributed by atoms with Gasteiger partial charge in [-0.1, -0.05) is 11.6 Å². The average molecular weight is 362 g/mol. The highest BCUT2D eigenvalue weighted by Gasteiger charge is 2.44. The Morgan fingerprint density at radius 1 is 1.26 bits per heavy atom. The first-order chi connectivity index (χ1) is 13.1. The van der Waals surface area contributed by atoms with E-state index in [2.05, 4.69) is 15.2 Å². The maximum Gasteiger partial charge on any atom is 0.254 e. The lowest BCUT2D eigenvalue weighted by molar-refractivity contribution is 0.0634. The third-order valence-corrected chi connectivity index (χ3v) is 6.21. The highest BCUT2D eigenvalue weighted by molar-refractivity contribution is 6.06.